The SMILES string of the molecule is CCCCn1c(N)c(N(CC)C(=O)/C=C/c2c(C)nn(-c3ccccc3)c2C)c(=O)[nH]c1=O. The van der Waals surface area contributed by atoms with Gasteiger partial charge in [0.1, 0.15) is 5.82 Å². The maximum Gasteiger partial charge on any atom is 0.330 e. The Morgan fingerprint density at radius 1 is 1.18 bits per heavy atom. The van der Waals surface area contributed by atoms with Gasteiger partial charge < -0.3 is 10.6 Å². The number of carbonyl (C=O) groups is 1. The molecule has 0 unspecified atom stereocenters. The molecule has 0 aliphatic heterocycles. The number of nitrogens with one attached hydrogen (secondary N) is 1. The molecule has 0 spiro atoms. The van der Waals surface area contributed by atoms with Crippen LogP contribution in [0.15, 0.2) is 46.0 Å². The fourth-order valence-corrected chi connectivity index (χ4v) is 3.76. The second-order valence-corrected chi connectivity index (χ2v) is 7.75. The maximum atomic E-state index is 13.1. The highest BCUT2D eigenvalue weighted by Gasteiger charge is 2.22. The minimum atomic E-state index is -0.682. The highest BCUT2D eigenvalue weighted by molar-refractivity contribution is 6.05. The molecule has 174 valence electrons. The number of unbranched alkanes of at least 4 members (excludes halogenated alkanes) is 1. The fourth-order valence-electron chi connectivity index (χ4n) is 3.76. The maximum absolute atomic E-state index is 13.1. The molecule has 2 aromatic heterocycles. The first-order valence-corrected chi connectivity index (χ1v) is 11.0. The smallest absolute Gasteiger partial charge is 0.330 e. The molecule has 3 rings (SSSR count). The van der Waals surface area contributed by atoms with Crippen molar-refractivity contribution in [3.8, 4) is 5.69 Å². The molecule has 0 bridgehead atoms. The van der Waals surface area contributed by atoms with Gasteiger partial charge in [-0.15, -0.1) is 0 Å². The van der Waals surface area contributed by atoms with Gasteiger partial charge in [0.05, 0.1) is 11.4 Å². The number of benzene rings is 1. The van der Waals surface area contributed by atoms with Crippen molar-refractivity contribution in [2.45, 2.75) is 47.1 Å². The molecule has 0 saturated carbocycles. The zero-order valence-electron chi connectivity index (χ0n) is 19.5. The van der Waals surface area contributed by atoms with Gasteiger partial charge in [-0.1, -0.05) is 31.5 Å². The topological polar surface area (TPSA) is 119 Å². The molecule has 1 amide bonds. The Kier molecular flexibility index (Phi) is 7.32. The number of hydrogen-bond donors (Lipinski definition) is 2. The van der Waals surface area contributed by atoms with E-state index in [0.717, 1.165) is 35.5 Å². The van der Waals surface area contributed by atoms with Gasteiger partial charge in [0.25, 0.3) is 11.5 Å². The summed E-state index contributed by atoms with van der Waals surface area (Å²) >= 11 is 0. The molecule has 0 fully saturated rings. The van der Waals surface area contributed by atoms with E-state index in [1.54, 1.807) is 13.0 Å². The summed E-state index contributed by atoms with van der Waals surface area (Å²) in [6.45, 7) is 8.12. The highest BCUT2D eigenvalue weighted by Crippen LogP contribution is 2.21. The summed E-state index contributed by atoms with van der Waals surface area (Å²) in [5, 5.41) is 4.59. The number of hydrogen-bond acceptors (Lipinski definition) is 5. The Balaban J connectivity index is 1.95. The first-order chi connectivity index (χ1) is 15.8. The van der Waals surface area contributed by atoms with Crippen molar-refractivity contribution in [1.29, 1.82) is 0 Å². The molecule has 33 heavy (non-hydrogen) atoms. The number of aromatic amines is 1. The number of anilines is 2. The van der Waals surface area contributed by atoms with Crippen LogP contribution >= 0.6 is 0 Å². The number of nitrogens with two attached hydrogens (primary N) is 1. The summed E-state index contributed by atoms with van der Waals surface area (Å²) in [5.74, 6) is -0.424. The second kappa shape index (κ2) is 10.2. The van der Waals surface area contributed by atoms with Crippen LogP contribution in [0.25, 0.3) is 11.8 Å². The highest BCUT2D eigenvalue weighted by atomic mass is 16.2. The normalized spacial score (nSPS) is 11.3. The summed E-state index contributed by atoms with van der Waals surface area (Å²) in [5.41, 5.74) is 8.30. The number of likely N-dealkylation sites (N-methyl/N-ethyl adjacent to an activating group) is 1. The monoisotopic (exact) mass is 450 g/mol. The van der Waals surface area contributed by atoms with Crippen molar-refractivity contribution in [3.63, 3.8) is 0 Å². The number of aryl methyl sites for hydroxylation is 1. The number of para-hydroxylation sites is 1. The van der Waals surface area contributed by atoms with Gasteiger partial charge >= 0.3 is 5.69 Å². The number of H-pyrrole nitrogens is 1. The van der Waals surface area contributed by atoms with E-state index in [1.165, 1.54) is 15.5 Å². The molecule has 1 aromatic carbocycles. The molecule has 0 saturated heterocycles. The minimum absolute atomic E-state index is 0.00921. The molecule has 3 aromatic rings. The van der Waals surface area contributed by atoms with Crippen molar-refractivity contribution in [2.75, 3.05) is 17.2 Å². The number of carbonyl (C=O) groups excluding carboxylic acids is 1. The fraction of sp³-hybridized carbons (Fsp3) is 0.333. The quantitative estimate of drug-likeness (QED) is 0.512. The standard InChI is InChI=1S/C24H30N6O3/c1-5-7-15-29-22(25)21(23(32)26-24(29)33)28(6-2)20(31)14-13-19-16(3)27-30(17(19)4)18-11-9-8-10-12-18/h8-14H,5-7,15,25H2,1-4H3,(H,26,32,33)/b14-13+. The van der Waals surface area contributed by atoms with E-state index in [-0.39, 0.29) is 18.1 Å². The molecule has 0 aliphatic carbocycles. The van der Waals surface area contributed by atoms with Gasteiger partial charge in [-0.2, -0.15) is 5.10 Å². The van der Waals surface area contributed by atoms with Crippen LogP contribution in [0.3, 0.4) is 0 Å². The predicted octanol–water partition coefficient (Wildman–Crippen LogP) is 2.79. The van der Waals surface area contributed by atoms with Crippen LogP contribution in [0.1, 0.15) is 43.6 Å². The Hall–Kier alpha value is -3.88. The first-order valence-electron chi connectivity index (χ1n) is 11.0. The third-order valence-corrected chi connectivity index (χ3v) is 5.54. The summed E-state index contributed by atoms with van der Waals surface area (Å²) in [4.78, 5) is 41.4. The molecule has 0 radical (unpaired) electrons. The van der Waals surface area contributed by atoms with Crippen LogP contribution in [-0.2, 0) is 11.3 Å². The van der Waals surface area contributed by atoms with Crippen molar-refractivity contribution >= 4 is 23.5 Å². The van der Waals surface area contributed by atoms with E-state index in [9.17, 15) is 14.4 Å². The van der Waals surface area contributed by atoms with Crippen LogP contribution < -0.4 is 21.9 Å². The minimum Gasteiger partial charge on any atom is -0.383 e. The van der Waals surface area contributed by atoms with E-state index in [0.29, 0.717) is 6.54 Å². The van der Waals surface area contributed by atoms with Gasteiger partial charge in [0.15, 0.2) is 5.69 Å². The number of nitrogen functional groups attached to an aromatic ring is 1. The zero-order valence-corrected chi connectivity index (χ0v) is 19.5. The van der Waals surface area contributed by atoms with Crippen molar-refractivity contribution < 1.29 is 4.79 Å². The van der Waals surface area contributed by atoms with Crippen LogP contribution in [0.5, 0.6) is 0 Å². The number of rotatable bonds is 8. The van der Waals surface area contributed by atoms with Crippen LogP contribution in [0, 0.1) is 13.8 Å². The Bertz CT molecular complexity index is 1280. The zero-order chi connectivity index (χ0) is 24.1. The molecule has 0 aliphatic rings. The summed E-state index contributed by atoms with van der Waals surface area (Å²) in [6, 6.07) is 9.73. The molecule has 3 N–H and O–H groups in total. The second-order valence-electron chi connectivity index (χ2n) is 7.75. The van der Waals surface area contributed by atoms with Gasteiger partial charge in [0.2, 0.25) is 0 Å². The van der Waals surface area contributed by atoms with Gasteiger partial charge in [0, 0.05) is 30.4 Å². The van der Waals surface area contributed by atoms with Crippen molar-refractivity contribution in [1.82, 2.24) is 19.3 Å². The van der Waals surface area contributed by atoms with Gasteiger partial charge in [-0.25, -0.2) is 9.48 Å². The average Bonchev–Trinajstić information content (AvgIpc) is 3.08. The third kappa shape index (κ3) is 4.82. The lowest BCUT2D eigenvalue weighted by Gasteiger charge is -2.21. The number of amides is 1. The summed E-state index contributed by atoms with van der Waals surface area (Å²) in [6.07, 6.45) is 4.67. The van der Waals surface area contributed by atoms with E-state index >= 15 is 0 Å². The van der Waals surface area contributed by atoms with Crippen molar-refractivity contribution in [3.05, 3.63) is 74.2 Å². The van der Waals surface area contributed by atoms with E-state index in [4.69, 9.17) is 5.73 Å². The van der Waals surface area contributed by atoms with Crippen molar-refractivity contribution in [2.24, 2.45) is 0 Å². The van der Waals surface area contributed by atoms with E-state index in [2.05, 4.69) is 10.1 Å². The molecule has 9 heteroatoms. The number of nitrogens with zero attached hydrogens (tertiary/aromatic N) is 4. The molecule has 0 atom stereocenters. The average molecular weight is 451 g/mol. The Morgan fingerprint density at radius 2 is 1.88 bits per heavy atom. The summed E-state index contributed by atoms with van der Waals surface area (Å²) in [7, 11) is 0. The van der Waals surface area contributed by atoms with E-state index in [1.807, 2.05) is 55.8 Å². The molecule has 9 nitrogen and oxygen atoms in total. The molecule has 2 heterocycles. The predicted molar refractivity (Wildman–Crippen MR) is 131 cm³/mol. The van der Waals surface area contributed by atoms with Crippen LogP contribution in [0.4, 0.5) is 11.5 Å². The van der Waals surface area contributed by atoms with Gasteiger partial charge in [-0.3, -0.25) is 19.1 Å². The molecular weight excluding hydrogens is 420 g/mol. The van der Waals surface area contributed by atoms with Gasteiger partial charge in [-0.05, 0) is 45.4 Å². The number of aromatic nitrogens is 4. The Morgan fingerprint density at radius 3 is 2.52 bits per heavy atom. The largest absolute Gasteiger partial charge is 0.383 e. The lowest BCUT2D eigenvalue weighted by Crippen LogP contribution is -2.40. The lowest BCUT2D eigenvalue weighted by molar-refractivity contribution is -0.114. The van der Waals surface area contributed by atoms with E-state index < -0.39 is 17.2 Å². The van der Waals surface area contributed by atoms with Crippen LogP contribution in [0.2, 0.25) is 0 Å². The summed E-state index contributed by atoms with van der Waals surface area (Å²) < 4.78 is 3.13. The first kappa shape index (κ1) is 23.8. The van der Waals surface area contributed by atoms with Crippen LogP contribution in [-0.4, -0.2) is 31.8 Å². The molecular formula is C24H30N6O3. The Labute approximate surface area is 192 Å². The third-order valence-electron chi connectivity index (χ3n) is 5.54. The lowest BCUT2D eigenvalue weighted by atomic mass is 10.1.